The van der Waals surface area contributed by atoms with Gasteiger partial charge in [0.25, 0.3) is 11.6 Å². The highest BCUT2D eigenvalue weighted by atomic mass is 16.6. The van der Waals surface area contributed by atoms with E-state index in [2.05, 4.69) is 5.10 Å². The van der Waals surface area contributed by atoms with E-state index in [4.69, 9.17) is 4.74 Å². The van der Waals surface area contributed by atoms with Crippen molar-refractivity contribution in [3.63, 3.8) is 0 Å². The largest absolute Gasteiger partial charge is 0.466 e. The molecular weight excluding hydrogens is 364 g/mol. The molecule has 28 heavy (non-hydrogen) atoms. The lowest BCUT2D eigenvalue weighted by molar-refractivity contribution is -0.384. The smallest absolute Gasteiger partial charge is 0.307 e. The van der Waals surface area contributed by atoms with Gasteiger partial charge < -0.3 is 9.64 Å². The molecule has 1 fully saturated rings. The minimum Gasteiger partial charge on any atom is -0.466 e. The van der Waals surface area contributed by atoms with Gasteiger partial charge in [0, 0.05) is 31.4 Å². The monoisotopic (exact) mass is 386 g/mol. The van der Waals surface area contributed by atoms with Crippen LogP contribution in [0.1, 0.15) is 36.7 Å². The fourth-order valence-corrected chi connectivity index (χ4v) is 2.84. The van der Waals surface area contributed by atoms with Gasteiger partial charge in [-0.1, -0.05) is 6.07 Å². The number of nitro groups is 1. The molecule has 2 aromatic rings. The van der Waals surface area contributed by atoms with Crippen LogP contribution in [-0.2, 0) is 9.53 Å². The number of non-ortho nitro benzene ring substituents is 1. The van der Waals surface area contributed by atoms with Crippen molar-refractivity contribution in [2.75, 3.05) is 19.7 Å². The lowest BCUT2D eigenvalue weighted by atomic mass is 10.3. The summed E-state index contributed by atoms with van der Waals surface area (Å²) in [5, 5.41) is 15.2. The molecule has 148 valence electrons. The first kappa shape index (κ1) is 19.5. The Labute approximate surface area is 162 Å². The summed E-state index contributed by atoms with van der Waals surface area (Å²) in [6.07, 6.45) is 3.88. The molecule has 1 heterocycles. The molecule has 9 heteroatoms. The molecule has 1 aliphatic rings. The van der Waals surface area contributed by atoms with E-state index in [1.807, 2.05) is 0 Å². The Morgan fingerprint density at radius 1 is 1.36 bits per heavy atom. The quantitative estimate of drug-likeness (QED) is 0.372. The number of hydrogen-bond donors (Lipinski definition) is 0. The number of ether oxygens (including phenoxy) is 1. The van der Waals surface area contributed by atoms with Crippen molar-refractivity contribution >= 4 is 17.6 Å². The van der Waals surface area contributed by atoms with Crippen molar-refractivity contribution in [1.82, 2.24) is 14.7 Å². The topological polar surface area (TPSA) is 108 Å². The number of hydrogen-bond acceptors (Lipinski definition) is 6. The molecule has 0 saturated heterocycles. The summed E-state index contributed by atoms with van der Waals surface area (Å²) in [7, 11) is 0. The van der Waals surface area contributed by atoms with E-state index in [0.29, 0.717) is 24.8 Å². The van der Waals surface area contributed by atoms with E-state index in [-0.39, 0.29) is 36.2 Å². The fraction of sp³-hybridized carbons (Fsp3) is 0.421. The highest BCUT2D eigenvalue weighted by Crippen LogP contribution is 2.30. The van der Waals surface area contributed by atoms with E-state index in [1.165, 1.54) is 16.8 Å². The van der Waals surface area contributed by atoms with Crippen LogP contribution in [0.25, 0.3) is 5.69 Å². The summed E-state index contributed by atoms with van der Waals surface area (Å²) in [5.74, 6) is -0.136. The Hall–Kier alpha value is -3.23. The standard InChI is InChI=1S/C19H22N4O5/c1-2-28-18(24)9-10-21(13-14-6-7-14)19(25)17-8-11-22(20-17)15-4-3-5-16(12-15)23(26)27/h3-5,8,11-12,14H,2,6-7,9-10,13H2,1H3. The van der Waals surface area contributed by atoms with Crippen molar-refractivity contribution in [2.45, 2.75) is 26.2 Å². The van der Waals surface area contributed by atoms with Gasteiger partial charge in [0.05, 0.1) is 23.6 Å². The van der Waals surface area contributed by atoms with Crippen molar-refractivity contribution in [3.05, 3.63) is 52.3 Å². The molecule has 1 amide bonds. The Morgan fingerprint density at radius 2 is 2.14 bits per heavy atom. The first-order valence-corrected chi connectivity index (χ1v) is 9.23. The molecule has 0 aliphatic heterocycles. The van der Waals surface area contributed by atoms with Crippen molar-refractivity contribution < 1.29 is 19.2 Å². The Morgan fingerprint density at radius 3 is 2.82 bits per heavy atom. The van der Waals surface area contributed by atoms with Gasteiger partial charge in [-0.05, 0) is 37.8 Å². The van der Waals surface area contributed by atoms with Crippen LogP contribution in [0.15, 0.2) is 36.5 Å². The van der Waals surface area contributed by atoms with Gasteiger partial charge in [-0.15, -0.1) is 0 Å². The third-order valence-corrected chi connectivity index (χ3v) is 4.47. The second kappa shape index (κ2) is 8.64. The number of aromatic nitrogens is 2. The number of carbonyl (C=O) groups is 2. The van der Waals surface area contributed by atoms with E-state index in [9.17, 15) is 19.7 Å². The number of benzene rings is 1. The van der Waals surface area contributed by atoms with Crippen LogP contribution in [0.5, 0.6) is 0 Å². The molecule has 1 aromatic carbocycles. The molecule has 0 bridgehead atoms. The van der Waals surface area contributed by atoms with Crippen LogP contribution in [0.2, 0.25) is 0 Å². The molecule has 3 rings (SSSR count). The van der Waals surface area contributed by atoms with Gasteiger partial charge in [0.15, 0.2) is 5.69 Å². The maximum atomic E-state index is 12.9. The van der Waals surface area contributed by atoms with E-state index in [1.54, 1.807) is 36.2 Å². The van der Waals surface area contributed by atoms with Gasteiger partial charge in [-0.3, -0.25) is 19.7 Å². The molecule has 9 nitrogen and oxygen atoms in total. The van der Waals surface area contributed by atoms with Crippen LogP contribution in [0.3, 0.4) is 0 Å². The molecule has 0 unspecified atom stereocenters. The van der Waals surface area contributed by atoms with Crippen molar-refractivity contribution in [2.24, 2.45) is 5.92 Å². The summed E-state index contributed by atoms with van der Waals surface area (Å²) in [5.41, 5.74) is 0.676. The zero-order valence-corrected chi connectivity index (χ0v) is 15.6. The maximum Gasteiger partial charge on any atom is 0.307 e. The highest BCUT2D eigenvalue weighted by Gasteiger charge is 2.28. The molecule has 0 N–H and O–H groups in total. The lowest BCUT2D eigenvalue weighted by Crippen LogP contribution is -2.35. The molecule has 1 aliphatic carbocycles. The van der Waals surface area contributed by atoms with E-state index >= 15 is 0 Å². The summed E-state index contributed by atoms with van der Waals surface area (Å²) in [4.78, 5) is 36.6. The summed E-state index contributed by atoms with van der Waals surface area (Å²) in [6, 6.07) is 7.60. The van der Waals surface area contributed by atoms with E-state index in [0.717, 1.165) is 12.8 Å². The highest BCUT2D eigenvalue weighted by molar-refractivity contribution is 5.92. The minimum atomic E-state index is -0.480. The Balaban J connectivity index is 1.73. The average molecular weight is 386 g/mol. The molecule has 0 radical (unpaired) electrons. The fourth-order valence-electron chi connectivity index (χ4n) is 2.84. The van der Waals surface area contributed by atoms with Crippen LogP contribution < -0.4 is 0 Å². The van der Waals surface area contributed by atoms with Gasteiger partial charge in [-0.25, -0.2) is 4.68 Å². The number of rotatable bonds is 9. The van der Waals surface area contributed by atoms with Gasteiger partial charge in [0.1, 0.15) is 0 Å². The second-order valence-electron chi connectivity index (χ2n) is 6.67. The normalized spacial score (nSPS) is 13.2. The summed E-state index contributed by atoms with van der Waals surface area (Å²) >= 11 is 0. The van der Waals surface area contributed by atoms with Crippen LogP contribution in [0.4, 0.5) is 5.69 Å². The van der Waals surface area contributed by atoms with Crippen LogP contribution >= 0.6 is 0 Å². The van der Waals surface area contributed by atoms with Crippen LogP contribution in [-0.4, -0.2) is 51.2 Å². The first-order chi connectivity index (χ1) is 13.5. The van der Waals surface area contributed by atoms with Gasteiger partial charge in [-0.2, -0.15) is 5.10 Å². The minimum absolute atomic E-state index is 0.0503. The van der Waals surface area contributed by atoms with E-state index < -0.39 is 4.92 Å². The molecule has 0 atom stereocenters. The number of amides is 1. The summed E-state index contributed by atoms with van der Waals surface area (Å²) in [6.45, 7) is 2.91. The number of nitrogens with zero attached hydrogens (tertiary/aromatic N) is 4. The third kappa shape index (κ3) is 4.93. The molecule has 0 spiro atoms. The van der Waals surface area contributed by atoms with Gasteiger partial charge >= 0.3 is 5.97 Å². The Bertz CT molecular complexity index is 875. The molecule has 1 aromatic heterocycles. The van der Waals surface area contributed by atoms with Crippen molar-refractivity contribution in [3.8, 4) is 5.69 Å². The SMILES string of the molecule is CCOC(=O)CCN(CC1CC1)C(=O)c1ccn(-c2cccc([N+](=O)[O-])c2)n1. The third-order valence-electron chi connectivity index (χ3n) is 4.47. The number of esters is 1. The maximum absolute atomic E-state index is 12.9. The van der Waals surface area contributed by atoms with Gasteiger partial charge in [0.2, 0.25) is 0 Å². The Kier molecular flexibility index (Phi) is 6.03. The number of carbonyl (C=O) groups excluding carboxylic acids is 2. The second-order valence-corrected chi connectivity index (χ2v) is 6.67. The predicted molar refractivity (Wildman–Crippen MR) is 100 cm³/mol. The number of nitro benzene ring substituents is 1. The zero-order valence-electron chi connectivity index (χ0n) is 15.6. The lowest BCUT2D eigenvalue weighted by Gasteiger charge is -2.21. The molecule has 1 saturated carbocycles. The zero-order chi connectivity index (χ0) is 20.1. The average Bonchev–Trinajstić information content (AvgIpc) is 3.37. The van der Waals surface area contributed by atoms with Crippen LogP contribution in [0, 0.1) is 16.0 Å². The van der Waals surface area contributed by atoms with Crippen molar-refractivity contribution in [1.29, 1.82) is 0 Å². The first-order valence-electron chi connectivity index (χ1n) is 9.23. The molecular formula is C19H22N4O5. The summed E-state index contributed by atoms with van der Waals surface area (Å²) < 4.78 is 6.37. The predicted octanol–water partition coefficient (Wildman–Crippen LogP) is 2.59.